The number of amidine groups is 1. The largest absolute Gasteiger partial charge is 0.409 e. The Hall–Kier alpha value is -1.93. The summed E-state index contributed by atoms with van der Waals surface area (Å²) in [5.41, 5.74) is 5.13. The molecule has 1 aromatic rings. The summed E-state index contributed by atoms with van der Waals surface area (Å²) in [5.74, 6) is 0.719. The van der Waals surface area contributed by atoms with Crippen LogP contribution in [0.1, 0.15) is 19.5 Å². The number of rotatable bonds is 4. The molecule has 8 nitrogen and oxygen atoms in total. The van der Waals surface area contributed by atoms with E-state index in [1.165, 1.54) is 6.20 Å². The summed E-state index contributed by atoms with van der Waals surface area (Å²) in [7, 11) is 0. The molecule has 2 rings (SSSR count). The maximum atomic E-state index is 9.84. The summed E-state index contributed by atoms with van der Waals surface area (Å²) in [6, 6.07) is 0. The third kappa shape index (κ3) is 4.27. The second-order valence-electron chi connectivity index (χ2n) is 5.82. The van der Waals surface area contributed by atoms with E-state index in [4.69, 9.17) is 10.9 Å². The molecule has 1 aliphatic rings. The molecule has 0 radical (unpaired) electrons. The lowest BCUT2D eigenvalue weighted by atomic mass is 10.1. The fraction of sp³-hybridized carbons (Fsp3) is 0.615. The lowest BCUT2D eigenvalue weighted by Crippen LogP contribution is -2.50. The summed E-state index contributed by atoms with van der Waals surface area (Å²) in [6.45, 7) is 7.69. The second-order valence-corrected chi connectivity index (χ2v) is 5.82. The van der Waals surface area contributed by atoms with Crippen molar-refractivity contribution in [3.8, 4) is 0 Å². The molecule has 0 saturated carbocycles. The molecule has 0 aliphatic carbocycles. The van der Waals surface area contributed by atoms with Crippen molar-refractivity contribution in [2.45, 2.75) is 19.4 Å². The van der Waals surface area contributed by atoms with Gasteiger partial charge in [0.1, 0.15) is 11.5 Å². The van der Waals surface area contributed by atoms with Crippen LogP contribution in [0.3, 0.4) is 0 Å². The van der Waals surface area contributed by atoms with Crippen LogP contribution in [0.15, 0.2) is 17.5 Å². The van der Waals surface area contributed by atoms with Crippen molar-refractivity contribution in [1.82, 2.24) is 14.9 Å². The van der Waals surface area contributed by atoms with Crippen LogP contribution in [-0.4, -0.2) is 69.3 Å². The van der Waals surface area contributed by atoms with Crippen LogP contribution in [0.2, 0.25) is 0 Å². The first-order valence-corrected chi connectivity index (χ1v) is 6.89. The van der Waals surface area contributed by atoms with Crippen LogP contribution in [0.5, 0.6) is 0 Å². The minimum absolute atomic E-state index is 0.0518. The number of aliphatic hydroxyl groups is 1. The first kappa shape index (κ1) is 15.5. The van der Waals surface area contributed by atoms with Gasteiger partial charge in [0.15, 0.2) is 5.84 Å². The number of piperazine rings is 1. The Bertz CT molecular complexity index is 488. The Morgan fingerprint density at radius 3 is 2.43 bits per heavy atom. The number of anilines is 1. The van der Waals surface area contributed by atoms with Crippen LogP contribution >= 0.6 is 0 Å². The molecular formula is C13H22N6O2. The molecule has 116 valence electrons. The van der Waals surface area contributed by atoms with E-state index >= 15 is 0 Å². The van der Waals surface area contributed by atoms with Gasteiger partial charge in [-0.1, -0.05) is 5.16 Å². The van der Waals surface area contributed by atoms with Crippen molar-refractivity contribution in [3.63, 3.8) is 0 Å². The van der Waals surface area contributed by atoms with E-state index in [2.05, 4.69) is 24.9 Å². The molecule has 0 aromatic carbocycles. The van der Waals surface area contributed by atoms with Gasteiger partial charge in [-0.15, -0.1) is 0 Å². The van der Waals surface area contributed by atoms with Gasteiger partial charge in [0.25, 0.3) is 0 Å². The Balaban J connectivity index is 1.93. The summed E-state index contributed by atoms with van der Waals surface area (Å²) in [4.78, 5) is 12.8. The SMILES string of the molecule is CC(C)(O)CN1CCN(c2cnc(C(N)=NO)cn2)CC1. The smallest absolute Gasteiger partial charge is 0.190 e. The summed E-state index contributed by atoms with van der Waals surface area (Å²) >= 11 is 0. The molecule has 0 spiro atoms. The van der Waals surface area contributed by atoms with E-state index in [0.717, 1.165) is 32.0 Å². The minimum Gasteiger partial charge on any atom is -0.409 e. The number of oxime groups is 1. The third-order valence-corrected chi connectivity index (χ3v) is 3.32. The van der Waals surface area contributed by atoms with Crippen LogP contribution < -0.4 is 10.6 Å². The Labute approximate surface area is 123 Å². The summed E-state index contributed by atoms with van der Waals surface area (Å²) < 4.78 is 0. The molecule has 1 fully saturated rings. The first-order valence-electron chi connectivity index (χ1n) is 6.89. The van der Waals surface area contributed by atoms with Crippen LogP contribution in [0.4, 0.5) is 5.82 Å². The van der Waals surface area contributed by atoms with Gasteiger partial charge in [-0.25, -0.2) is 9.97 Å². The van der Waals surface area contributed by atoms with Gasteiger partial charge >= 0.3 is 0 Å². The first-order chi connectivity index (χ1) is 9.89. The van der Waals surface area contributed by atoms with Gasteiger partial charge in [-0.3, -0.25) is 4.90 Å². The van der Waals surface area contributed by atoms with Crippen LogP contribution in [0, 0.1) is 0 Å². The van der Waals surface area contributed by atoms with E-state index in [9.17, 15) is 5.11 Å². The summed E-state index contributed by atoms with van der Waals surface area (Å²) in [5, 5.41) is 21.3. The number of nitrogens with two attached hydrogens (primary N) is 1. The fourth-order valence-electron chi connectivity index (χ4n) is 2.35. The van der Waals surface area contributed by atoms with E-state index in [-0.39, 0.29) is 5.84 Å². The van der Waals surface area contributed by atoms with Gasteiger partial charge in [0.2, 0.25) is 0 Å². The molecule has 2 heterocycles. The van der Waals surface area contributed by atoms with E-state index in [1.807, 2.05) is 13.8 Å². The van der Waals surface area contributed by atoms with Crippen molar-refractivity contribution >= 4 is 11.7 Å². The number of aromatic nitrogens is 2. The van der Waals surface area contributed by atoms with Crippen LogP contribution in [-0.2, 0) is 0 Å². The molecule has 4 N–H and O–H groups in total. The predicted octanol–water partition coefficient (Wildman–Crippen LogP) is -0.536. The lowest BCUT2D eigenvalue weighted by Gasteiger charge is -2.37. The van der Waals surface area contributed by atoms with E-state index < -0.39 is 5.60 Å². The number of hydrogen-bond acceptors (Lipinski definition) is 7. The normalized spacial score (nSPS) is 18.0. The highest BCUT2D eigenvalue weighted by Crippen LogP contribution is 2.14. The average molecular weight is 294 g/mol. The molecule has 1 aliphatic heterocycles. The monoisotopic (exact) mass is 294 g/mol. The van der Waals surface area contributed by atoms with E-state index in [0.29, 0.717) is 12.2 Å². The van der Waals surface area contributed by atoms with E-state index in [1.54, 1.807) is 6.20 Å². The van der Waals surface area contributed by atoms with Crippen molar-refractivity contribution in [2.24, 2.45) is 10.9 Å². The zero-order valence-corrected chi connectivity index (χ0v) is 12.4. The number of β-amino-alcohol motifs (C(OH)–C–C–N with tert-alkyl or cyclic N) is 1. The van der Waals surface area contributed by atoms with Crippen molar-refractivity contribution in [2.75, 3.05) is 37.6 Å². The molecule has 0 unspecified atom stereocenters. The molecule has 0 amide bonds. The molecule has 21 heavy (non-hydrogen) atoms. The maximum Gasteiger partial charge on any atom is 0.190 e. The van der Waals surface area contributed by atoms with Crippen molar-refractivity contribution in [3.05, 3.63) is 18.1 Å². The molecule has 0 atom stereocenters. The molecule has 0 bridgehead atoms. The van der Waals surface area contributed by atoms with Gasteiger partial charge in [-0.05, 0) is 13.8 Å². The summed E-state index contributed by atoms with van der Waals surface area (Å²) in [6.07, 6.45) is 3.12. The fourth-order valence-corrected chi connectivity index (χ4v) is 2.35. The highest BCUT2D eigenvalue weighted by molar-refractivity contribution is 5.94. The lowest BCUT2D eigenvalue weighted by molar-refractivity contribution is 0.0344. The quantitative estimate of drug-likeness (QED) is 0.296. The number of nitrogens with zero attached hydrogens (tertiary/aromatic N) is 5. The zero-order chi connectivity index (χ0) is 15.5. The topological polar surface area (TPSA) is 111 Å². The molecule has 1 saturated heterocycles. The maximum absolute atomic E-state index is 9.84. The van der Waals surface area contributed by atoms with Gasteiger partial charge in [0, 0.05) is 32.7 Å². The Morgan fingerprint density at radius 2 is 1.95 bits per heavy atom. The standard InChI is InChI=1S/C13H22N6O2/c1-13(2,20)9-18-3-5-19(6-4-18)11-8-15-10(7-16-11)12(14)17-21/h7-8,20-21H,3-6,9H2,1-2H3,(H2,14,17). The van der Waals surface area contributed by atoms with Gasteiger partial charge < -0.3 is 20.9 Å². The van der Waals surface area contributed by atoms with Crippen LogP contribution in [0.25, 0.3) is 0 Å². The third-order valence-electron chi connectivity index (χ3n) is 3.32. The predicted molar refractivity (Wildman–Crippen MR) is 79.5 cm³/mol. The van der Waals surface area contributed by atoms with Gasteiger partial charge in [0.05, 0.1) is 18.0 Å². The van der Waals surface area contributed by atoms with Crippen molar-refractivity contribution < 1.29 is 10.3 Å². The van der Waals surface area contributed by atoms with Gasteiger partial charge in [-0.2, -0.15) is 0 Å². The number of hydrogen-bond donors (Lipinski definition) is 3. The second kappa shape index (κ2) is 6.23. The molecule has 8 heteroatoms. The molecule has 1 aromatic heterocycles. The highest BCUT2D eigenvalue weighted by Gasteiger charge is 2.23. The Morgan fingerprint density at radius 1 is 1.29 bits per heavy atom. The molecular weight excluding hydrogens is 272 g/mol. The van der Waals surface area contributed by atoms with Crippen molar-refractivity contribution in [1.29, 1.82) is 0 Å². The Kier molecular flexibility index (Phi) is 4.59. The zero-order valence-electron chi connectivity index (χ0n) is 12.4. The average Bonchev–Trinajstić information content (AvgIpc) is 2.46. The minimum atomic E-state index is -0.676. The highest BCUT2D eigenvalue weighted by atomic mass is 16.4.